The van der Waals surface area contributed by atoms with Crippen molar-refractivity contribution in [2.75, 3.05) is 20.2 Å². The Balaban J connectivity index is 1.91. The first-order valence-corrected chi connectivity index (χ1v) is 7.12. The molecule has 114 valence electrons. The topological polar surface area (TPSA) is 67.9 Å². The molecule has 3 unspecified atom stereocenters. The number of likely N-dealkylation sites (tertiary alicyclic amines) is 1. The van der Waals surface area contributed by atoms with E-state index in [2.05, 4.69) is 5.32 Å². The van der Waals surface area contributed by atoms with E-state index in [0.29, 0.717) is 19.0 Å². The number of nitrogens with one attached hydrogen (secondary N) is 1. The maximum atomic E-state index is 12.1. The quantitative estimate of drug-likeness (QED) is 0.732. The number of carbonyl (C=O) groups is 2. The van der Waals surface area contributed by atoms with Crippen molar-refractivity contribution in [3.8, 4) is 0 Å². The predicted molar refractivity (Wildman–Crippen MR) is 73.3 cm³/mol. The molecule has 0 aliphatic carbocycles. The maximum absolute atomic E-state index is 12.1. The van der Waals surface area contributed by atoms with Crippen molar-refractivity contribution < 1.29 is 19.1 Å². The van der Waals surface area contributed by atoms with Gasteiger partial charge in [-0.25, -0.2) is 4.79 Å². The van der Waals surface area contributed by atoms with Gasteiger partial charge in [-0.2, -0.15) is 0 Å². The molecule has 3 atom stereocenters. The molecule has 0 saturated carbocycles. The molecule has 2 aliphatic heterocycles. The minimum Gasteiger partial charge on any atom is -0.468 e. The molecule has 0 aromatic carbocycles. The summed E-state index contributed by atoms with van der Waals surface area (Å²) in [5, 5.41) is 3.27. The van der Waals surface area contributed by atoms with Crippen LogP contribution in [0.2, 0.25) is 0 Å². The van der Waals surface area contributed by atoms with Gasteiger partial charge >= 0.3 is 12.1 Å². The lowest BCUT2D eigenvalue weighted by molar-refractivity contribution is -0.142. The second-order valence-corrected chi connectivity index (χ2v) is 6.56. The van der Waals surface area contributed by atoms with E-state index in [1.165, 1.54) is 7.11 Å². The van der Waals surface area contributed by atoms with Gasteiger partial charge in [0.05, 0.1) is 7.11 Å². The fraction of sp³-hybridized carbons (Fsp3) is 0.857. The van der Waals surface area contributed by atoms with E-state index in [0.717, 1.165) is 12.8 Å². The first kappa shape index (κ1) is 15.1. The number of piperidine rings is 1. The molecular formula is C14H24N2O4. The standard InChI is InChI=1S/C14H24N2O4/c1-14(2,3)20-13(18)16-6-5-9-7-10(12(17)19-4)15-11(9)8-16/h9-11,15H,5-8H2,1-4H3. The predicted octanol–water partition coefficient (Wildman–Crippen LogP) is 1.15. The van der Waals surface area contributed by atoms with Gasteiger partial charge in [0.15, 0.2) is 0 Å². The molecule has 0 spiro atoms. The van der Waals surface area contributed by atoms with Crippen molar-refractivity contribution in [3.05, 3.63) is 0 Å². The highest BCUT2D eigenvalue weighted by atomic mass is 16.6. The summed E-state index contributed by atoms with van der Waals surface area (Å²) in [6.07, 6.45) is 1.41. The highest BCUT2D eigenvalue weighted by molar-refractivity contribution is 5.76. The number of fused-ring (bicyclic) bond motifs is 1. The Morgan fingerprint density at radius 3 is 2.60 bits per heavy atom. The molecule has 2 fully saturated rings. The van der Waals surface area contributed by atoms with Crippen LogP contribution in [0.25, 0.3) is 0 Å². The van der Waals surface area contributed by atoms with E-state index < -0.39 is 5.60 Å². The number of ether oxygens (including phenoxy) is 2. The summed E-state index contributed by atoms with van der Waals surface area (Å²) >= 11 is 0. The molecule has 0 radical (unpaired) electrons. The van der Waals surface area contributed by atoms with Gasteiger partial charge in [0.2, 0.25) is 0 Å². The average Bonchev–Trinajstić information content (AvgIpc) is 2.78. The monoisotopic (exact) mass is 284 g/mol. The fourth-order valence-electron chi connectivity index (χ4n) is 2.90. The Labute approximate surface area is 119 Å². The van der Waals surface area contributed by atoms with Gasteiger partial charge in [-0.05, 0) is 39.5 Å². The summed E-state index contributed by atoms with van der Waals surface area (Å²) in [6, 6.07) is -0.0889. The van der Waals surface area contributed by atoms with Crippen molar-refractivity contribution >= 4 is 12.1 Å². The molecule has 2 saturated heterocycles. The maximum Gasteiger partial charge on any atom is 0.410 e. The van der Waals surface area contributed by atoms with Crippen molar-refractivity contribution in [2.24, 2.45) is 5.92 Å². The van der Waals surface area contributed by atoms with Gasteiger partial charge < -0.3 is 14.4 Å². The van der Waals surface area contributed by atoms with Crippen LogP contribution in [0.1, 0.15) is 33.6 Å². The third-order valence-corrected chi connectivity index (χ3v) is 3.85. The van der Waals surface area contributed by atoms with Crippen LogP contribution in [-0.4, -0.2) is 54.8 Å². The number of hydrogen-bond donors (Lipinski definition) is 1. The molecule has 1 N–H and O–H groups in total. The Morgan fingerprint density at radius 1 is 1.30 bits per heavy atom. The van der Waals surface area contributed by atoms with Crippen molar-refractivity contribution in [1.29, 1.82) is 0 Å². The highest BCUT2D eigenvalue weighted by Gasteiger charge is 2.42. The highest BCUT2D eigenvalue weighted by Crippen LogP contribution is 2.29. The first-order valence-electron chi connectivity index (χ1n) is 7.12. The Kier molecular flexibility index (Phi) is 4.22. The zero-order valence-electron chi connectivity index (χ0n) is 12.6. The van der Waals surface area contributed by atoms with E-state index in [1.54, 1.807) is 4.90 Å². The van der Waals surface area contributed by atoms with E-state index >= 15 is 0 Å². The number of hydrogen-bond acceptors (Lipinski definition) is 5. The summed E-state index contributed by atoms with van der Waals surface area (Å²) in [5.41, 5.74) is -0.481. The number of amides is 1. The Morgan fingerprint density at radius 2 is 2.00 bits per heavy atom. The minimum absolute atomic E-state index is 0.153. The summed E-state index contributed by atoms with van der Waals surface area (Å²) in [6.45, 7) is 6.86. The Bertz CT molecular complexity index is 391. The molecule has 0 aromatic heterocycles. The van der Waals surface area contributed by atoms with Crippen LogP contribution in [0, 0.1) is 5.92 Å². The third kappa shape index (κ3) is 3.42. The molecule has 2 heterocycles. The van der Waals surface area contributed by atoms with Gasteiger partial charge in [0.25, 0.3) is 0 Å². The number of methoxy groups -OCH3 is 1. The van der Waals surface area contributed by atoms with Crippen LogP contribution in [0.3, 0.4) is 0 Å². The van der Waals surface area contributed by atoms with Gasteiger partial charge in [-0.1, -0.05) is 0 Å². The smallest absolute Gasteiger partial charge is 0.410 e. The molecule has 1 amide bonds. The molecule has 20 heavy (non-hydrogen) atoms. The summed E-state index contributed by atoms with van der Waals surface area (Å²) in [7, 11) is 1.40. The van der Waals surface area contributed by atoms with Crippen molar-refractivity contribution in [1.82, 2.24) is 10.2 Å². The minimum atomic E-state index is -0.481. The van der Waals surface area contributed by atoms with Crippen LogP contribution in [-0.2, 0) is 14.3 Å². The number of nitrogens with zero attached hydrogens (tertiary/aromatic N) is 1. The van der Waals surface area contributed by atoms with E-state index in [9.17, 15) is 9.59 Å². The Hall–Kier alpha value is -1.30. The number of esters is 1. The molecule has 6 heteroatoms. The lowest BCUT2D eigenvalue weighted by atomic mass is 9.91. The fourth-order valence-corrected chi connectivity index (χ4v) is 2.90. The third-order valence-electron chi connectivity index (χ3n) is 3.85. The summed E-state index contributed by atoms with van der Waals surface area (Å²) < 4.78 is 10.2. The molecule has 6 nitrogen and oxygen atoms in total. The van der Waals surface area contributed by atoms with Gasteiger partial charge in [0, 0.05) is 19.1 Å². The zero-order chi connectivity index (χ0) is 14.9. The van der Waals surface area contributed by atoms with Gasteiger partial charge in [-0.3, -0.25) is 10.1 Å². The van der Waals surface area contributed by atoms with Crippen LogP contribution in [0.4, 0.5) is 4.79 Å². The van der Waals surface area contributed by atoms with Gasteiger partial charge in [-0.15, -0.1) is 0 Å². The average molecular weight is 284 g/mol. The van der Waals surface area contributed by atoms with Crippen LogP contribution in [0.5, 0.6) is 0 Å². The van der Waals surface area contributed by atoms with Gasteiger partial charge in [0.1, 0.15) is 11.6 Å². The molecular weight excluding hydrogens is 260 g/mol. The molecule has 0 aromatic rings. The summed E-state index contributed by atoms with van der Waals surface area (Å²) in [4.78, 5) is 25.4. The van der Waals surface area contributed by atoms with E-state index in [-0.39, 0.29) is 24.1 Å². The van der Waals surface area contributed by atoms with Crippen LogP contribution in [0.15, 0.2) is 0 Å². The molecule has 0 bridgehead atoms. The molecule has 2 aliphatic rings. The van der Waals surface area contributed by atoms with Crippen molar-refractivity contribution in [3.63, 3.8) is 0 Å². The normalized spacial score (nSPS) is 29.8. The first-order chi connectivity index (χ1) is 9.30. The van der Waals surface area contributed by atoms with E-state index in [4.69, 9.17) is 9.47 Å². The number of rotatable bonds is 1. The lowest BCUT2D eigenvalue weighted by Gasteiger charge is -2.35. The zero-order valence-corrected chi connectivity index (χ0v) is 12.6. The van der Waals surface area contributed by atoms with E-state index in [1.807, 2.05) is 20.8 Å². The largest absolute Gasteiger partial charge is 0.468 e. The lowest BCUT2D eigenvalue weighted by Crippen LogP contribution is -2.51. The van der Waals surface area contributed by atoms with Crippen LogP contribution < -0.4 is 5.32 Å². The van der Waals surface area contributed by atoms with Crippen LogP contribution >= 0.6 is 0 Å². The number of carbonyl (C=O) groups excluding carboxylic acids is 2. The second kappa shape index (κ2) is 5.60. The SMILES string of the molecule is COC(=O)C1CC2CCN(C(=O)OC(C)(C)C)CC2N1. The summed E-state index contributed by atoms with van der Waals surface area (Å²) in [5.74, 6) is 0.209. The molecule has 2 rings (SSSR count). The second-order valence-electron chi connectivity index (χ2n) is 6.56. The van der Waals surface area contributed by atoms with Crippen molar-refractivity contribution in [2.45, 2.75) is 51.3 Å².